The van der Waals surface area contributed by atoms with E-state index in [0.717, 1.165) is 26.2 Å². The lowest BCUT2D eigenvalue weighted by atomic mass is 10.0. The number of hydrogen-bond donors (Lipinski definition) is 1. The van der Waals surface area contributed by atoms with Gasteiger partial charge in [0, 0.05) is 31.5 Å². The van der Waals surface area contributed by atoms with Crippen molar-refractivity contribution in [3.63, 3.8) is 0 Å². The third-order valence-electron chi connectivity index (χ3n) is 3.85. The number of likely N-dealkylation sites (N-methyl/N-ethyl adjacent to an activating group) is 1. The summed E-state index contributed by atoms with van der Waals surface area (Å²) >= 11 is 0. The van der Waals surface area contributed by atoms with Gasteiger partial charge in [0.05, 0.1) is 0 Å². The molecule has 112 valence electrons. The summed E-state index contributed by atoms with van der Waals surface area (Å²) < 4.78 is 0. The van der Waals surface area contributed by atoms with Crippen molar-refractivity contribution in [3.05, 3.63) is 66.0 Å². The predicted molar refractivity (Wildman–Crippen MR) is 88.0 cm³/mol. The number of aromatic nitrogens is 1. The fraction of sp³-hybridized carbons (Fsp3) is 0.389. The second-order valence-electron chi connectivity index (χ2n) is 5.13. The average molecular weight is 283 g/mol. The minimum absolute atomic E-state index is 0.419. The van der Waals surface area contributed by atoms with Crippen LogP contribution in [0.4, 0.5) is 0 Å². The van der Waals surface area contributed by atoms with Gasteiger partial charge in [0.15, 0.2) is 0 Å². The van der Waals surface area contributed by atoms with E-state index in [1.807, 2.05) is 12.4 Å². The van der Waals surface area contributed by atoms with Crippen LogP contribution in [-0.2, 0) is 6.54 Å². The minimum atomic E-state index is 0.419. The van der Waals surface area contributed by atoms with E-state index in [4.69, 9.17) is 0 Å². The Bertz CT molecular complexity index is 494. The van der Waals surface area contributed by atoms with Crippen LogP contribution in [0, 0.1) is 0 Å². The molecule has 1 atom stereocenters. The van der Waals surface area contributed by atoms with Crippen molar-refractivity contribution in [2.75, 3.05) is 19.6 Å². The van der Waals surface area contributed by atoms with Crippen molar-refractivity contribution in [3.8, 4) is 0 Å². The van der Waals surface area contributed by atoms with Gasteiger partial charge < -0.3 is 5.32 Å². The van der Waals surface area contributed by atoms with Gasteiger partial charge in [-0.3, -0.25) is 9.88 Å². The summed E-state index contributed by atoms with van der Waals surface area (Å²) in [5, 5.41) is 3.58. The van der Waals surface area contributed by atoms with E-state index in [9.17, 15) is 0 Å². The van der Waals surface area contributed by atoms with Crippen LogP contribution in [-0.4, -0.2) is 29.5 Å². The second-order valence-corrected chi connectivity index (χ2v) is 5.13. The molecule has 0 aliphatic heterocycles. The van der Waals surface area contributed by atoms with Crippen molar-refractivity contribution in [1.29, 1.82) is 0 Å². The van der Waals surface area contributed by atoms with E-state index in [2.05, 4.69) is 71.5 Å². The molecule has 0 spiro atoms. The van der Waals surface area contributed by atoms with E-state index in [1.165, 1.54) is 11.1 Å². The number of rotatable bonds is 8. The van der Waals surface area contributed by atoms with Crippen molar-refractivity contribution >= 4 is 0 Å². The summed E-state index contributed by atoms with van der Waals surface area (Å²) in [6, 6.07) is 15.3. The third-order valence-corrected chi connectivity index (χ3v) is 3.85. The van der Waals surface area contributed by atoms with Crippen molar-refractivity contribution in [2.24, 2.45) is 0 Å². The monoisotopic (exact) mass is 283 g/mol. The molecule has 21 heavy (non-hydrogen) atoms. The molecule has 0 radical (unpaired) electrons. The van der Waals surface area contributed by atoms with Crippen molar-refractivity contribution < 1.29 is 0 Å². The molecule has 1 unspecified atom stereocenters. The molecule has 1 aromatic heterocycles. The Labute approximate surface area is 128 Å². The van der Waals surface area contributed by atoms with Gasteiger partial charge in [-0.1, -0.05) is 44.2 Å². The van der Waals surface area contributed by atoms with E-state index in [-0.39, 0.29) is 0 Å². The zero-order valence-electron chi connectivity index (χ0n) is 13.0. The zero-order chi connectivity index (χ0) is 14.9. The first-order valence-corrected chi connectivity index (χ1v) is 7.73. The van der Waals surface area contributed by atoms with Crippen LogP contribution < -0.4 is 5.32 Å². The summed E-state index contributed by atoms with van der Waals surface area (Å²) in [5.41, 5.74) is 2.65. The lowest BCUT2D eigenvalue weighted by Crippen LogP contribution is -2.35. The van der Waals surface area contributed by atoms with Crippen LogP contribution in [0.5, 0.6) is 0 Å². The zero-order valence-corrected chi connectivity index (χ0v) is 13.0. The Morgan fingerprint density at radius 1 is 1.00 bits per heavy atom. The molecule has 2 aromatic rings. The Hall–Kier alpha value is -1.71. The van der Waals surface area contributed by atoms with Gasteiger partial charge in [0.25, 0.3) is 0 Å². The smallest absolute Gasteiger partial charge is 0.0472 e. The molecule has 1 aromatic carbocycles. The number of hydrogen-bond acceptors (Lipinski definition) is 3. The Kier molecular flexibility index (Phi) is 6.38. The van der Waals surface area contributed by atoms with Crippen molar-refractivity contribution in [1.82, 2.24) is 15.2 Å². The Morgan fingerprint density at radius 3 is 2.29 bits per heavy atom. The van der Waals surface area contributed by atoms with E-state index < -0.39 is 0 Å². The van der Waals surface area contributed by atoms with Crippen LogP contribution in [0.3, 0.4) is 0 Å². The van der Waals surface area contributed by atoms with Gasteiger partial charge >= 0.3 is 0 Å². The first kappa shape index (κ1) is 15.7. The maximum absolute atomic E-state index is 4.05. The van der Waals surface area contributed by atoms with Gasteiger partial charge in [-0.05, 0) is 36.3 Å². The topological polar surface area (TPSA) is 28.2 Å². The molecule has 1 N–H and O–H groups in total. The van der Waals surface area contributed by atoms with Crippen molar-refractivity contribution in [2.45, 2.75) is 26.4 Å². The van der Waals surface area contributed by atoms with Gasteiger partial charge in [-0.2, -0.15) is 0 Å². The molecule has 3 heteroatoms. The molecule has 2 rings (SSSR count). The minimum Gasteiger partial charge on any atom is -0.311 e. The number of nitrogens with zero attached hydrogens (tertiary/aromatic N) is 2. The molecular formula is C18H25N3. The molecule has 0 bridgehead atoms. The van der Waals surface area contributed by atoms with Crippen LogP contribution >= 0.6 is 0 Å². The SMILES string of the molecule is CCN(CC)C(CNCc1ccncc1)c1ccccc1. The summed E-state index contributed by atoms with van der Waals surface area (Å²) in [6.07, 6.45) is 3.69. The Balaban J connectivity index is 1.99. The Morgan fingerprint density at radius 2 is 1.67 bits per heavy atom. The molecule has 3 nitrogen and oxygen atoms in total. The second kappa shape index (κ2) is 8.55. The highest BCUT2D eigenvalue weighted by atomic mass is 15.2. The van der Waals surface area contributed by atoms with E-state index in [1.54, 1.807) is 0 Å². The van der Waals surface area contributed by atoms with Gasteiger partial charge in [0.1, 0.15) is 0 Å². The summed E-state index contributed by atoms with van der Waals surface area (Å²) in [4.78, 5) is 6.55. The first-order valence-electron chi connectivity index (χ1n) is 7.73. The van der Waals surface area contributed by atoms with Gasteiger partial charge in [-0.25, -0.2) is 0 Å². The predicted octanol–water partition coefficient (Wildman–Crippen LogP) is 3.25. The van der Waals surface area contributed by atoms with Crippen LogP contribution in [0.15, 0.2) is 54.9 Å². The first-order chi connectivity index (χ1) is 10.3. The lowest BCUT2D eigenvalue weighted by Gasteiger charge is -2.30. The fourth-order valence-corrected chi connectivity index (χ4v) is 2.65. The largest absolute Gasteiger partial charge is 0.311 e. The average Bonchev–Trinajstić information content (AvgIpc) is 2.56. The summed E-state index contributed by atoms with van der Waals surface area (Å²) in [7, 11) is 0. The molecule has 0 fully saturated rings. The van der Waals surface area contributed by atoms with E-state index in [0.29, 0.717) is 6.04 Å². The number of benzene rings is 1. The maximum Gasteiger partial charge on any atom is 0.0472 e. The number of nitrogens with one attached hydrogen (secondary N) is 1. The van der Waals surface area contributed by atoms with E-state index >= 15 is 0 Å². The highest BCUT2D eigenvalue weighted by Gasteiger charge is 2.16. The highest BCUT2D eigenvalue weighted by Crippen LogP contribution is 2.19. The maximum atomic E-state index is 4.05. The van der Waals surface area contributed by atoms with Crippen LogP contribution in [0.2, 0.25) is 0 Å². The summed E-state index contributed by atoms with van der Waals surface area (Å²) in [6.45, 7) is 8.41. The molecule has 0 aliphatic rings. The normalized spacial score (nSPS) is 12.5. The molecule has 0 saturated carbocycles. The molecular weight excluding hydrogens is 258 g/mol. The third kappa shape index (κ3) is 4.66. The van der Waals surface area contributed by atoms with Crippen LogP contribution in [0.1, 0.15) is 31.0 Å². The molecule has 0 saturated heterocycles. The standard InChI is InChI=1S/C18H25N3/c1-3-21(4-2)18(17-8-6-5-7-9-17)15-20-14-16-10-12-19-13-11-16/h5-13,18,20H,3-4,14-15H2,1-2H3. The van der Waals surface area contributed by atoms with Gasteiger partial charge in [-0.15, -0.1) is 0 Å². The van der Waals surface area contributed by atoms with Crippen LogP contribution in [0.25, 0.3) is 0 Å². The quantitative estimate of drug-likeness (QED) is 0.806. The fourth-order valence-electron chi connectivity index (χ4n) is 2.65. The van der Waals surface area contributed by atoms with Gasteiger partial charge in [0.2, 0.25) is 0 Å². The highest BCUT2D eigenvalue weighted by molar-refractivity contribution is 5.19. The summed E-state index contributed by atoms with van der Waals surface area (Å²) in [5.74, 6) is 0. The lowest BCUT2D eigenvalue weighted by molar-refractivity contribution is 0.213. The molecule has 0 aliphatic carbocycles. The number of pyridine rings is 1. The molecule has 0 amide bonds. The molecule has 1 heterocycles.